The van der Waals surface area contributed by atoms with Gasteiger partial charge in [0, 0.05) is 11.4 Å². The summed E-state index contributed by atoms with van der Waals surface area (Å²) >= 11 is 0.928. The highest BCUT2D eigenvalue weighted by Crippen LogP contribution is 2.44. The molecule has 0 spiro atoms. The van der Waals surface area contributed by atoms with Gasteiger partial charge < -0.3 is 14.8 Å². The Hall–Kier alpha value is -2.68. The number of thiophene rings is 1. The van der Waals surface area contributed by atoms with Gasteiger partial charge in [0.1, 0.15) is 0 Å². The van der Waals surface area contributed by atoms with Gasteiger partial charge >= 0.3 is 16.9 Å². The minimum atomic E-state index is -0.933. The van der Waals surface area contributed by atoms with Gasteiger partial charge in [0.05, 0.1) is 41.8 Å². The molecule has 1 aliphatic rings. The van der Waals surface area contributed by atoms with E-state index in [4.69, 9.17) is 9.47 Å². The summed E-state index contributed by atoms with van der Waals surface area (Å²) < 4.78 is 9.62. The molecule has 0 aliphatic carbocycles. The van der Waals surface area contributed by atoms with E-state index in [1.54, 1.807) is 19.2 Å². The largest absolute Gasteiger partial charge is 0.466 e. The Kier molecular flexibility index (Phi) is 5.03. The maximum absolute atomic E-state index is 12.3. The normalized spacial score (nSPS) is 15.2. The number of nitrogens with one attached hydrogen (secondary N) is 1. The number of esters is 2. The maximum atomic E-state index is 12.3. The smallest absolute Gasteiger partial charge is 0.336 e. The molecule has 1 aromatic heterocycles. The monoisotopic (exact) mass is 352 g/mol. The van der Waals surface area contributed by atoms with Gasteiger partial charge in [-0.2, -0.15) is 0 Å². The van der Waals surface area contributed by atoms with Crippen LogP contribution in [-0.2, 0) is 19.1 Å². The average molecular weight is 352 g/mol. The first-order valence-corrected chi connectivity index (χ1v) is 7.78. The molecule has 2 heterocycles. The van der Waals surface area contributed by atoms with Crippen LogP contribution in [0.2, 0.25) is 0 Å². The maximum Gasteiger partial charge on any atom is 0.336 e. The minimum absolute atomic E-state index is 0.134. The van der Waals surface area contributed by atoms with Crippen LogP contribution in [0.5, 0.6) is 0 Å². The highest BCUT2D eigenvalue weighted by Gasteiger charge is 2.41. The SMILES string of the molecule is COC(=O)C1=C(C)NC(C)=C(C(=O)OC)C1c1ccsc1[N+](=O)[O-]. The number of hydrogen-bond acceptors (Lipinski definition) is 8. The third-order valence-corrected chi connectivity index (χ3v) is 4.60. The molecule has 0 saturated heterocycles. The van der Waals surface area contributed by atoms with Gasteiger partial charge in [0.15, 0.2) is 0 Å². The Bertz CT molecular complexity index is 739. The van der Waals surface area contributed by atoms with Crippen LogP contribution in [0.4, 0.5) is 5.00 Å². The van der Waals surface area contributed by atoms with Crippen LogP contribution in [0.25, 0.3) is 0 Å². The summed E-state index contributed by atoms with van der Waals surface area (Å²) in [6.07, 6.45) is 0. The summed E-state index contributed by atoms with van der Waals surface area (Å²) in [7, 11) is 2.43. The van der Waals surface area contributed by atoms with Crippen molar-refractivity contribution in [2.75, 3.05) is 14.2 Å². The first-order chi connectivity index (χ1) is 11.3. The molecule has 0 unspecified atom stereocenters. The second kappa shape index (κ2) is 6.83. The van der Waals surface area contributed by atoms with E-state index in [9.17, 15) is 19.7 Å². The Morgan fingerprint density at radius 1 is 1.17 bits per heavy atom. The molecule has 0 atom stereocenters. The zero-order valence-electron chi connectivity index (χ0n) is 13.5. The van der Waals surface area contributed by atoms with Crippen molar-refractivity contribution in [3.05, 3.63) is 49.7 Å². The van der Waals surface area contributed by atoms with Crippen LogP contribution in [0, 0.1) is 10.1 Å². The summed E-state index contributed by atoms with van der Waals surface area (Å²) in [6, 6.07) is 1.53. The molecule has 1 N–H and O–H groups in total. The van der Waals surface area contributed by atoms with E-state index in [1.165, 1.54) is 20.3 Å². The van der Waals surface area contributed by atoms with E-state index in [1.807, 2.05) is 0 Å². The van der Waals surface area contributed by atoms with E-state index in [2.05, 4.69) is 5.32 Å². The molecule has 128 valence electrons. The van der Waals surface area contributed by atoms with Crippen LogP contribution < -0.4 is 5.32 Å². The molecule has 0 aromatic carbocycles. The van der Waals surface area contributed by atoms with Crippen LogP contribution in [0.3, 0.4) is 0 Å². The average Bonchev–Trinajstić information content (AvgIpc) is 3.02. The second-order valence-electron chi connectivity index (χ2n) is 5.06. The van der Waals surface area contributed by atoms with Gasteiger partial charge in [-0.25, -0.2) is 9.59 Å². The highest BCUT2D eigenvalue weighted by atomic mass is 32.1. The van der Waals surface area contributed by atoms with Gasteiger partial charge in [-0.05, 0) is 25.3 Å². The van der Waals surface area contributed by atoms with Crippen LogP contribution >= 0.6 is 11.3 Å². The zero-order valence-corrected chi connectivity index (χ0v) is 14.4. The molecule has 0 radical (unpaired) electrons. The number of dihydropyridines is 1. The fourth-order valence-corrected chi connectivity index (χ4v) is 3.50. The predicted octanol–water partition coefficient (Wildman–Crippen LogP) is 2.24. The van der Waals surface area contributed by atoms with Crippen molar-refractivity contribution in [3.8, 4) is 0 Å². The molecule has 8 nitrogen and oxygen atoms in total. The molecular formula is C15H16N2O6S. The van der Waals surface area contributed by atoms with Crippen LogP contribution in [0.1, 0.15) is 25.3 Å². The molecule has 0 fully saturated rings. The third-order valence-electron chi connectivity index (χ3n) is 3.72. The van der Waals surface area contributed by atoms with Crippen molar-refractivity contribution in [2.45, 2.75) is 19.8 Å². The summed E-state index contributed by atoms with van der Waals surface area (Å²) in [5.41, 5.74) is 1.48. The Balaban J connectivity index is 2.75. The van der Waals surface area contributed by atoms with Gasteiger partial charge in [0.2, 0.25) is 0 Å². The molecule has 0 amide bonds. The van der Waals surface area contributed by atoms with Crippen molar-refractivity contribution in [3.63, 3.8) is 0 Å². The number of allylic oxidation sites excluding steroid dienone is 2. The van der Waals surface area contributed by atoms with Crippen molar-refractivity contribution >= 4 is 28.3 Å². The minimum Gasteiger partial charge on any atom is -0.466 e. The molecule has 9 heteroatoms. The third kappa shape index (κ3) is 2.90. The molecule has 1 aliphatic heterocycles. The van der Waals surface area contributed by atoms with Crippen molar-refractivity contribution in [1.82, 2.24) is 5.32 Å². The van der Waals surface area contributed by atoms with E-state index >= 15 is 0 Å². The number of methoxy groups -OCH3 is 2. The Morgan fingerprint density at radius 3 is 2.08 bits per heavy atom. The fraction of sp³-hybridized carbons (Fsp3) is 0.333. The van der Waals surface area contributed by atoms with Crippen LogP contribution in [0.15, 0.2) is 34.0 Å². The summed E-state index contributed by atoms with van der Waals surface area (Å²) in [4.78, 5) is 35.3. The van der Waals surface area contributed by atoms with E-state index < -0.39 is 22.8 Å². The molecule has 1 aromatic rings. The number of carbonyl (C=O) groups is 2. The van der Waals surface area contributed by atoms with Gasteiger partial charge in [-0.3, -0.25) is 10.1 Å². The molecule has 0 saturated carbocycles. The molecule has 24 heavy (non-hydrogen) atoms. The standard InChI is InChI=1S/C15H16N2O6S/c1-7-10(14(18)22-3)12(9-5-6-24-13(9)17(20)21)11(8(2)16-7)15(19)23-4/h5-6,12,16H,1-4H3. The second-order valence-corrected chi connectivity index (χ2v) is 5.95. The zero-order chi connectivity index (χ0) is 18.0. The summed E-state index contributed by atoms with van der Waals surface area (Å²) in [5, 5.41) is 15.7. The topological polar surface area (TPSA) is 108 Å². The lowest BCUT2D eigenvalue weighted by molar-refractivity contribution is -0.380. The lowest BCUT2D eigenvalue weighted by atomic mass is 9.81. The number of nitrogens with zero attached hydrogens (tertiary/aromatic N) is 1. The van der Waals surface area contributed by atoms with E-state index in [-0.39, 0.29) is 21.7 Å². The quantitative estimate of drug-likeness (QED) is 0.503. The first-order valence-electron chi connectivity index (χ1n) is 6.90. The van der Waals surface area contributed by atoms with Crippen molar-refractivity contribution in [2.24, 2.45) is 0 Å². The number of hydrogen-bond donors (Lipinski definition) is 1. The van der Waals surface area contributed by atoms with E-state index in [0.29, 0.717) is 11.4 Å². The number of carbonyl (C=O) groups excluding carboxylic acids is 2. The molecule has 0 bridgehead atoms. The van der Waals surface area contributed by atoms with Crippen molar-refractivity contribution < 1.29 is 24.0 Å². The summed E-state index contributed by atoms with van der Waals surface area (Å²) in [5.74, 6) is -2.27. The lowest BCUT2D eigenvalue weighted by Gasteiger charge is -2.29. The first kappa shape index (κ1) is 17.7. The highest BCUT2D eigenvalue weighted by molar-refractivity contribution is 7.13. The van der Waals surface area contributed by atoms with Crippen molar-refractivity contribution in [1.29, 1.82) is 0 Å². The number of ether oxygens (including phenoxy) is 2. The van der Waals surface area contributed by atoms with Gasteiger partial charge in [-0.15, -0.1) is 0 Å². The molecule has 2 rings (SSSR count). The predicted molar refractivity (Wildman–Crippen MR) is 86.3 cm³/mol. The summed E-state index contributed by atoms with van der Waals surface area (Å²) in [6.45, 7) is 3.30. The van der Waals surface area contributed by atoms with Crippen LogP contribution in [-0.4, -0.2) is 31.1 Å². The lowest BCUT2D eigenvalue weighted by Crippen LogP contribution is -2.32. The molecular weight excluding hydrogens is 336 g/mol. The Morgan fingerprint density at radius 2 is 1.67 bits per heavy atom. The van der Waals surface area contributed by atoms with E-state index in [0.717, 1.165) is 11.3 Å². The van der Waals surface area contributed by atoms with Gasteiger partial charge in [0.25, 0.3) is 0 Å². The Labute approximate surface area is 141 Å². The number of nitro groups is 1. The van der Waals surface area contributed by atoms with Gasteiger partial charge in [-0.1, -0.05) is 11.3 Å². The number of rotatable bonds is 4. The fourth-order valence-electron chi connectivity index (χ4n) is 2.75.